The molecule has 1 atom stereocenters. The molecule has 4 nitrogen and oxygen atoms in total. The molecular weight excluding hydrogens is 264 g/mol. The molecule has 1 unspecified atom stereocenters. The summed E-state index contributed by atoms with van der Waals surface area (Å²) in [6.45, 7) is 6.60. The molecule has 0 aromatic heterocycles. The fourth-order valence-electron chi connectivity index (χ4n) is 2.58. The van der Waals surface area contributed by atoms with Crippen LogP contribution in [0, 0.1) is 5.92 Å². The number of aryl methyl sites for hydroxylation is 1. The SMILES string of the molecule is CC(C)COC1CCN(C(=O)CCc2ccccc2N)C1. The Labute approximate surface area is 127 Å². The third-order valence-corrected chi connectivity index (χ3v) is 3.83. The van der Waals surface area contributed by atoms with Gasteiger partial charge in [0.15, 0.2) is 0 Å². The number of para-hydroxylation sites is 1. The topological polar surface area (TPSA) is 55.6 Å². The van der Waals surface area contributed by atoms with E-state index in [-0.39, 0.29) is 12.0 Å². The molecule has 1 amide bonds. The first kappa shape index (κ1) is 15.8. The number of rotatable bonds is 6. The maximum atomic E-state index is 12.2. The highest BCUT2D eigenvalue weighted by Crippen LogP contribution is 2.17. The first-order chi connectivity index (χ1) is 10.1. The van der Waals surface area contributed by atoms with Gasteiger partial charge in [0, 0.05) is 31.8 Å². The number of ether oxygens (including phenoxy) is 1. The Kier molecular flexibility index (Phi) is 5.62. The number of nitrogens with zero attached hydrogens (tertiary/aromatic N) is 1. The lowest BCUT2D eigenvalue weighted by atomic mass is 10.1. The molecule has 1 aromatic carbocycles. The summed E-state index contributed by atoms with van der Waals surface area (Å²) in [7, 11) is 0. The number of carbonyl (C=O) groups excluding carboxylic acids is 1. The van der Waals surface area contributed by atoms with Crippen molar-refractivity contribution in [3.05, 3.63) is 29.8 Å². The van der Waals surface area contributed by atoms with Crippen molar-refractivity contribution in [2.24, 2.45) is 5.92 Å². The van der Waals surface area contributed by atoms with E-state index in [2.05, 4.69) is 13.8 Å². The predicted molar refractivity (Wildman–Crippen MR) is 85.0 cm³/mol. The Bertz CT molecular complexity index is 474. The summed E-state index contributed by atoms with van der Waals surface area (Å²) in [4.78, 5) is 14.2. The summed E-state index contributed by atoms with van der Waals surface area (Å²) in [5.74, 6) is 0.740. The van der Waals surface area contributed by atoms with E-state index >= 15 is 0 Å². The van der Waals surface area contributed by atoms with Crippen molar-refractivity contribution in [1.82, 2.24) is 4.90 Å². The molecule has 1 aliphatic rings. The van der Waals surface area contributed by atoms with Gasteiger partial charge in [-0.1, -0.05) is 32.0 Å². The lowest BCUT2D eigenvalue weighted by Crippen LogP contribution is -2.30. The van der Waals surface area contributed by atoms with Crippen molar-refractivity contribution < 1.29 is 9.53 Å². The van der Waals surface area contributed by atoms with Crippen LogP contribution in [0.2, 0.25) is 0 Å². The largest absolute Gasteiger partial charge is 0.399 e. The monoisotopic (exact) mass is 290 g/mol. The van der Waals surface area contributed by atoms with Crippen molar-refractivity contribution in [3.8, 4) is 0 Å². The van der Waals surface area contributed by atoms with E-state index in [9.17, 15) is 4.79 Å². The summed E-state index contributed by atoms with van der Waals surface area (Å²) in [5, 5.41) is 0. The number of hydrogen-bond acceptors (Lipinski definition) is 3. The van der Waals surface area contributed by atoms with Gasteiger partial charge in [-0.3, -0.25) is 4.79 Å². The molecule has 1 heterocycles. The summed E-state index contributed by atoms with van der Waals surface area (Å²) in [6, 6.07) is 7.74. The molecule has 0 spiro atoms. The minimum absolute atomic E-state index is 0.203. The molecule has 2 rings (SSSR count). The average molecular weight is 290 g/mol. The number of anilines is 1. The molecule has 1 aliphatic heterocycles. The van der Waals surface area contributed by atoms with Gasteiger partial charge in [0.1, 0.15) is 0 Å². The predicted octanol–water partition coefficient (Wildman–Crippen LogP) is 2.47. The number of hydrogen-bond donors (Lipinski definition) is 1. The van der Waals surface area contributed by atoms with Crippen LogP contribution in [0.15, 0.2) is 24.3 Å². The van der Waals surface area contributed by atoms with Crippen LogP contribution in [0.4, 0.5) is 5.69 Å². The highest BCUT2D eigenvalue weighted by molar-refractivity contribution is 5.77. The minimum atomic E-state index is 0.203. The standard InChI is InChI=1S/C17H26N2O2/c1-13(2)12-21-15-9-10-19(11-15)17(20)8-7-14-5-3-4-6-16(14)18/h3-6,13,15H,7-12,18H2,1-2H3. The van der Waals surface area contributed by atoms with Gasteiger partial charge in [-0.2, -0.15) is 0 Å². The van der Waals surface area contributed by atoms with E-state index in [1.807, 2.05) is 29.2 Å². The van der Waals surface area contributed by atoms with Crippen LogP contribution in [0.25, 0.3) is 0 Å². The van der Waals surface area contributed by atoms with Gasteiger partial charge in [-0.25, -0.2) is 0 Å². The minimum Gasteiger partial charge on any atom is -0.399 e. The van der Waals surface area contributed by atoms with Crippen molar-refractivity contribution >= 4 is 11.6 Å². The summed E-state index contributed by atoms with van der Waals surface area (Å²) < 4.78 is 5.81. The normalized spacial score (nSPS) is 18.4. The molecule has 2 N–H and O–H groups in total. The zero-order valence-corrected chi connectivity index (χ0v) is 13.0. The molecular formula is C17H26N2O2. The van der Waals surface area contributed by atoms with E-state index < -0.39 is 0 Å². The highest BCUT2D eigenvalue weighted by atomic mass is 16.5. The van der Waals surface area contributed by atoms with Gasteiger partial charge in [0.05, 0.1) is 6.10 Å². The Hall–Kier alpha value is -1.55. The Morgan fingerprint density at radius 3 is 2.90 bits per heavy atom. The maximum Gasteiger partial charge on any atom is 0.222 e. The van der Waals surface area contributed by atoms with Gasteiger partial charge >= 0.3 is 0 Å². The third-order valence-electron chi connectivity index (χ3n) is 3.83. The molecule has 0 aliphatic carbocycles. The van der Waals surface area contributed by atoms with Crippen molar-refractivity contribution in [2.45, 2.75) is 39.2 Å². The number of amides is 1. The van der Waals surface area contributed by atoms with Gasteiger partial charge < -0.3 is 15.4 Å². The van der Waals surface area contributed by atoms with Crippen LogP contribution in [-0.4, -0.2) is 36.6 Å². The summed E-state index contributed by atoms with van der Waals surface area (Å²) in [5.41, 5.74) is 7.73. The summed E-state index contributed by atoms with van der Waals surface area (Å²) >= 11 is 0. The van der Waals surface area contributed by atoms with Crippen LogP contribution >= 0.6 is 0 Å². The molecule has 1 saturated heterocycles. The molecule has 0 radical (unpaired) electrons. The lowest BCUT2D eigenvalue weighted by molar-refractivity contribution is -0.130. The van der Waals surface area contributed by atoms with E-state index in [1.165, 1.54) is 0 Å². The Morgan fingerprint density at radius 1 is 1.43 bits per heavy atom. The van der Waals surface area contributed by atoms with Gasteiger partial charge in [0.25, 0.3) is 0 Å². The third kappa shape index (κ3) is 4.74. The second-order valence-electron chi connectivity index (χ2n) is 6.18. The second-order valence-corrected chi connectivity index (χ2v) is 6.18. The number of nitrogens with two attached hydrogens (primary N) is 1. The zero-order valence-electron chi connectivity index (χ0n) is 13.0. The Morgan fingerprint density at radius 2 is 2.19 bits per heavy atom. The number of carbonyl (C=O) groups is 1. The smallest absolute Gasteiger partial charge is 0.222 e. The highest BCUT2D eigenvalue weighted by Gasteiger charge is 2.26. The molecule has 0 saturated carbocycles. The van der Waals surface area contributed by atoms with E-state index in [4.69, 9.17) is 10.5 Å². The lowest BCUT2D eigenvalue weighted by Gasteiger charge is -2.17. The maximum absolute atomic E-state index is 12.2. The van der Waals surface area contributed by atoms with Crippen LogP contribution in [-0.2, 0) is 16.0 Å². The molecule has 1 fully saturated rings. The molecule has 116 valence electrons. The fourth-order valence-corrected chi connectivity index (χ4v) is 2.58. The molecule has 21 heavy (non-hydrogen) atoms. The zero-order chi connectivity index (χ0) is 15.2. The quantitative estimate of drug-likeness (QED) is 0.819. The van der Waals surface area contributed by atoms with Crippen molar-refractivity contribution in [2.75, 3.05) is 25.4 Å². The van der Waals surface area contributed by atoms with Gasteiger partial charge in [0.2, 0.25) is 5.91 Å². The molecule has 4 heteroatoms. The van der Waals surface area contributed by atoms with E-state index in [1.54, 1.807) is 0 Å². The number of nitrogen functional groups attached to an aromatic ring is 1. The van der Waals surface area contributed by atoms with E-state index in [0.717, 1.165) is 37.4 Å². The average Bonchev–Trinajstić information content (AvgIpc) is 2.93. The van der Waals surface area contributed by atoms with Crippen LogP contribution < -0.4 is 5.73 Å². The first-order valence-corrected chi connectivity index (χ1v) is 7.79. The van der Waals surface area contributed by atoms with Crippen LogP contribution in [0.5, 0.6) is 0 Å². The fraction of sp³-hybridized carbons (Fsp3) is 0.588. The van der Waals surface area contributed by atoms with Gasteiger partial charge in [-0.15, -0.1) is 0 Å². The molecule has 1 aromatic rings. The first-order valence-electron chi connectivity index (χ1n) is 7.79. The van der Waals surface area contributed by atoms with Crippen LogP contribution in [0.3, 0.4) is 0 Å². The van der Waals surface area contributed by atoms with E-state index in [0.29, 0.717) is 18.8 Å². The summed E-state index contributed by atoms with van der Waals surface area (Å²) in [6.07, 6.45) is 2.38. The molecule has 0 bridgehead atoms. The van der Waals surface area contributed by atoms with Crippen molar-refractivity contribution in [1.29, 1.82) is 0 Å². The number of likely N-dealkylation sites (tertiary alicyclic amines) is 1. The number of benzene rings is 1. The van der Waals surface area contributed by atoms with Gasteiger partial charge in [-0.05, 0) is 30.4 Å². The van der Waals surface area contributed by atoms with Crippen LogP contribution in [0.1, 0.15) is 32.3 Å². The van der Waals surface area contributed by atoms with Crippen molar-refractivity contribution in [3.63, 3.8) is 0 Å². The Balaban J connectivity index is 1.76. The second kappa shape index (κ2) is 7.46.